The summed E-state index contributed by atoms with van der Waals surface area (Å²) in [4.78, 5) is 24.0. The molecule has 2 aliphatic rings. The molecule has 0 heterocycles. The van der Waals surface area contributed by atoms with Gasteiger partial charge in [-0.2, -0.15) is 0 Å². The topological polar surface area (TPSA) is 75.6 Å². The number of Topliss-reactive ketones (excluding diaryl/α,β-unsaturated/α-hetero) is 1. The van der Waals surface area contributed by atoms with Crippen LogP contribution in [0.2, 0.25) is 0 Å². The summed E-state index contributed by atoms with van der Waals surface area (Å²) in [7, 11) is 0. The Bertz CT molecular complexity index is 442. The first-order valence-corrected chi connectivity index (χ1v) is 11.5. The molecule has 28 heavy (non-hydrogen) atoms. The van der Waals surface area contributed by atoms with Crippen molar-refractivity contribution in [1.82, 2.24) is 5.32 Å². The van der Waals surface area contributed by atoms with Crippen LogP contribution in [0.1, 0.15) is 99.8 Å². The highest BCUT2D eigenvalue weighted by atomic mass is 16.5. The number of carbonyl (C=O) groups is 2. The lowest BCUT2D eigenvalue weighted by Crippen LogP contribution is -2.39. The van der Waals surface area contributed by atoms with Crippen molar-refractivity contribution >= 4 is 11.7 Å². The second-order valence-electron chi connectivity index (χ2n) is 8.81. The first-order valence-electron chi connectivity index (χ1n) is 11.5. The van der Waals surface area contributed by atoms with Crippen molar-refractivity contribution in [2.45, 2.75) is 117 Å². The van der Waals surface area contributed by atoms with Gasteiger partial charge in [0.15, 0.2) is 0 Å². The molecule has 1 unspecified atom stereocenters. The van der Waals surface area contributed by atoms with Gasteiger partial charge in [0.25, 0.3) is 0 Å². The van der Waals surface area contributed by atoms with Crippen molar-refractivity contribution in [2.75, 3.05) is 6.61 Å². The molecule has 0 saturated heterocycles. The summed E-state index contributed by atoms with van der Waals surface area (Å²) in [6, 6.07) is 0.244. The Balaban J connectivity index is 0.00000117. The molecule has 0 spiro atoms. The Kier molecular flexibility index (Phi) is 12.6. The summed E-state index contributed by atoms with van der Waals surface area (Å²) in [5.41, 5.74) is 0. The summed E-state index contributed by atoms with van der Waals surface area (Å²) < 4.78 is 5.81. The molecular weight excluding hydrogens is 354 g/mol. The van der Waals surface area contributed by atoms with Crippen LogP contribution in [0.4, 0.5) is 0 Å². The smallest absolute Gasteiger partial charge is 0.222 e. The van der Waals surface area contributed by atoms with Gasteiger partial charge in [0.2, 0.25) is 5.91 Å². The summed E-state index contributed by atoms with van der Waals surface area (Å²) in [6.45, 7) is 8.22. The highest BCUT2D eigenvalue weighted by Crippen LogP contribution is 2.27. The van der Waals surface area contributed by atoms with Gasteiger partial charge in [-0.1, -0.05) is 40.0 Å². The minimum atomic E-state index is -0.116. The zero-order chi connectivity index (χ0) is 20.9. The second kappa shape index (κ2) is 14.1. The molecule has 0 aromatic rings. The maximum Gasteiger partial charge on any atom is 0.222 e. The molecule has 0 aliphatic heterocycles. The molecule has 2 N–H and O–H groups in total. The first kappa shape index (κ1) is 25.1. The van der Waals surface area contributed by atoms with E-state index in [0.717, 1.165) is 44.9 Å². The molecule has 2 aliphatic carbocycles. The normalized spacial score (nSPS) is 24.2. The van der Waals surface area contributed by atoms with E-state index in [-0.39, 0.29) is 31.3 Å². The van der Waals surface area contributed by atoms with E-state index < -0.39 is 0 Å². The minimum Gasteiger partial charge on any atom is -0.393 e. The maximum absolute atomic E-state index is 12.0. The zero-order valence-corrected chi connectivity index (χ0v) is 18.5. The predicted octanol–water partition coefficient (Wildman–Crippen LogP) is 4.65. The summed E-state index contributed by atoms with van der Waals surface area (Å²) >= 11 is 0. The van der Waals surface area contributed by atoms with Crippen molar-refractivity contribution in [3.63, 3.8) is 0 Å². The molecule has 1 atom stereocenters. The number of carbonyl (C=O) groups excluding carboxylic acids is 2. The first-order chi connectivity index (χ1) is 13.3. The van der Waals surface area contributed by atoms with Crippen LogP contribution >= 0.6 is 0 Å². The number of nitrogens with one attached hydrogen (secondary N) is 1. The molecule has 0 aromatic carbocycles. The van der Waals surface area contributed by atoms with E-state index in [1.807, 2.05) is 20.8 Å². The molecule has 2 fully saturated rings. The molecule has 2 rings (SSSR count). The van der Waals surface area contributed by atoms with E-state index in [1.54, 1.807) is 6.92 Å². The largest absolute Gasteiger partial charge is 0.393 e. The van der Waals surface area contributed by atoms with Crippen LogP contribution in [0.5, 0.6) is 0 Å². The van der Waals surface area contributed by atoms with Crippen LogP contribution in [-0.4, -0.2) is 41.7 Å². The van der Waals surface area contributed by atoms with Crippen LogP contribution in [0.3, 0.4) is 0 Å². The van der Waals surface area contributed by atoms with E-state index in [4.69, 9.17) is 9.84 Å². The predicted molar refractivity (Wildman–Crippen MR) is 115 cm³/mol. The number of rotatable bonds is 8. The molecule has 0 aromatic heterocycles. The molecule has 0 bridgehead atoms. The van der Waals surface area contributed by atoms with Crippen molar-refractivity contribution < 1.29 is 20.9 Å². The van der Waals surface area contributed by atoms with Gasteiger partial charge in [0.1, 0.15) is 5.78 Å². The van der Waals surface area contributed by atoms with Crippen LogP contribution < -0.4 is 5.32 Å². The minimum absolute atomic E-state index is 0. The van der Waals surface area contributed by atoms with Crippen molar-refractivity contribution in [2.24, 2.45) is 11.8 Å². The lowest BCUT2D eigenvalue weighted by molar-refractivity contribution is -0.127. The number of amides is 1. The van der Waals surface area contributed by atoms with Gasteiger partial charge in [-0.3, -0.25) is 9.59 Å². The Hall–Kier alpha value is -0.940. The van der Waals surface area contributed by atoms with Crippen molar-refractivity contribution in [1.29, 1.82) is 0 Å². The molecule has 166 valence electrons. The summed E-state index contributed by atoms with van der Waals surface area (Å²) in [5.74, 6) is 0.816. The Morgan fingerprint density at radius 1 is 1.04 bits per heavy atom. The third kappa shape index (κ3) is 10.6. The molecule has 1 amide bonds. The van der Waals surface area contributed by atoms with Crippen LogP contribution in [0.25, 0.3) is 0 Å². The number of hydrogen-bond acceptors (Lipinski definition) is 4. The van der Waals surface area contributed by atoms with E-state index in [9.17, 15) is 9.59 Å². The van der Waals surface area contributed by atoms with Crippen LogP contribution in [0.15, 0.2) is 0 Å². The maximum atomic E-state index is 12.0. The molecule has 2 saturated carbocycles. The number of aliphatic hydroxyl groups is 1. The monoisotopic (exact) mass is 399 g/mol. The van der Waals surface area contributed by atoms with Crippen LogP contribution in [0, 0.1) is 11.8 Å². The SMILES string of the molecule is CC(C)C(=O)C1CCC(NC(=O)CCOC2CCCCC2)CC1.CCC(C)O.[HH]. The summed E-state index contributed by atoms with van der Waals surface area (Å²) in [5, 5.41) is 11.5. The van der Waals surface area contributed by atoms with Gasteiger partial charge in [-0.25, -0.2) is 0 Å². The number of hydrogen-bond donors (Lipinski definition) is 2. The Labute approximate surface area is 173 Å². The average molecular weight is 400 g/mol. The molecule has 5 nitrogen and oxygen atoms in total. The number of aliphatic hydroxyl groups excluding tert-OH is 1. The van der Waals surface area contributed by atoms with E-state index >= 15 is 0 Å². The standard InChI is InChI=1S/C19H33NO3.C4H10O.H2/c1-14(2)19(22)15-8-10-16(11-9-15)20-18(21)12-13-23-17-6-4-3-5-7-17;1-3-4(2)5;/h14-17H,3-13H2,1-2H3,(H,20,21);4-5H,3H2,1-2H3;1H. The molecule has 5 heteroatoms. The van der Waals surface area contributed by atoms with Gasteiger partial charge in [0.05, 0.1) is 18.8 Å². The van der Waals surface area contributed by atoms with Gasteiger partial charge >= 0.3 is 0 Å². The Morgan fingerprint density at radius 2 is 1.61 bits per heavy atom. The highest BCUT2D eigenvalue weighted by Gasteiger charge is 2.28. The van der Waals surface area contributed by atoms with Gasteiger partial charge in [0, 0.05) is 25.7 Å². The third-order valence-corrected chi connectivity index (χ3v) is 5.89. The van der Waals surface area contributed by atoms with E-state index in [0.29, 0.717) is 24.9 Å². The average Bonchev–Trinajstić information content (AvgIpc) is 2.69. The van der Waals surface area contributed by atoms with Crippen LogP contribution in [-0.2, 0) is 14.3 Å². The van der Waals surface area contributed by atoms with Crippen molar-refractivity contribution in [3.8, 4) is 0 Å². The lowest BCUT2D eigenvalue weighted by Gasteiger charge is -2.29. The third-order valence-electron chi connectivity index (χ3n) is 5.89. The lowest BCUT2D eigenvalue weighted by atomic mass is 9.80. The van der Waals surface area contributed by atoms with E-state index in [1.165, 1.54) is 19.3 Å². The molecule has 0 radical (unpaired) electrons. The highest BCUT2D eigenvalue weighted by molar-refractivity contribution is 5.83. The number of ether oxygens (including phenoxy) is 1. The molecular formula is C23H45NO4. The van der Waals surface area contributed by atoms with E-state index in [2.05, 4.69) is 5.32 Å². The summed E-state index contributed by atoms with van der Waals surface area (Å²) in [6.07, 6.45) is 11.4. The zero-order valence-electron chi connectivity index (χ0n) is 18.5. The van der Waals surface area contributed by atoms with Gasteiger partial charge in [-0.15, -0.1) is 0 Å². The number of ketones is 1. The Morgan fingerprint density at radius 3 is 2.11 bits per heavy atom. The second-order valence-corrected chi connectivity index (χ2v) is 8.81. The fraction of sp³-hybridized carbons (Fsp3) is 0.913. The quantitative estimate of drug-likeness (QED) is 0.623. The van der Waals surface area contributed by atoms with Gasteiger partial charge in [-0.05, 0) is 51.9 Å². The van der Waals surface area contributed by atoms with Gasteiger partial charge < -0.3 is 15.2 Å². The van der Waals surface area contributed by atoms with Crippen molar-refractivity contribution in [3.05, 3.63) is 0 Å². The fourth-order valence-electron chi connectivity index (χ4n) is 3.84. The fourth-order valence-corrected chi connectivity index (χ4v) is 3.84.